The van der Waals surface area contributed by atoms with Gasteiger partial charge in [0, 0.05) is 31.0 Å². The van der Waals surface area contributed by atoms with E-state index in [2.05, 4.69) is 25.3 Å². The molecular formula is C19H24F2N4O2. The van der Waals surface area contributed by atoms with Gasteiger partial charge in [0.1, 0.15) is 11.5 Å². The van der Waals surface area contributed by atoms with Crippen LogP contribution in [0.5, 0.6) is 11.5 Å². The van der Waals surface area contributed by atoms with E-state index in [0.29, 0.717) is 30.4 Å². The van der Waals surface area contributed by atoms with Crippen molar-refractivity contribution in [1.82, 2.24) is 15.6 Å². The number of nitrogens with zero attached hydrogens (tertiary/aromatic N) is 2. The Bertz CT molecular complexity index is 727. The minimum Gasteiger partial charge on any atom is -0.497 e. The Hall–Kier alpha value is -2.90. The van der Waals surface area contributed by atoms with Crippen LogP contribution in [0.1, 0.15) is 18.1 Å². The van der Waals surface area contributed by atoms with Crippen LogP contribution < -0.4 is 20.1 Å². The van der Waals surface area contributed by atoms with Crippen molar-refractivity contribution in [3.8, 4) is 11.5 Å². The van der Waals surface area contributed by atoms with E-state index in [1.807, 2.05) is 25.3 Å². The van der Waals surface area contributed by atoms with E-state index in [0.717, 1.165) is 12.0 Å². The minimum absolute atomic E-state index is 0.0840. The lowest BCUT2D eigenvalue weighted by molar-refractivity contribution is -0.0504. The zero-order valence-corrected chi connectivity index (χ0v) is 15.4. The molecule has 2 aromatic rings. The van der Waals surface area contributed by atoms with Crippen LogP contribution in [-0.4, -0.2) is 37.8 Å². The average Bonchev–Trinajstić information content (AvgIpc) is 2.67. The Kier molecular flexibility index (Phi) is 8.28. The predicted molar refractivity (Wildman–Crippen MR) is 100 cm³/mol. The van der Waals surface area contributed by atoms with E-state index in [1.165, 1.54) is 13.2 Å². The quantitative estimate of drug-likeness (QED) is 0.519. The first kappa shape index (κ1) is 20.4. The molecule has 1 heterocycles. The third kappa shape index (κ3) is 7.08. The predicted octanol–water partition coefficient (Wildman–Crippen LogP) is 2.99. The molecule has 0 amide bonds. The van der Waals surface area contributed by atoms with Gasteiger partial charge >= 0.3 is 6.61 Å². The van der Waals surface area contributed by atoms with Crippen LogP contribution in [0.15, 0.2) is 47.7 Å². The summed E-state index contributed by atoms with van der Waals surface area (Å²) in [5, 5.41) is 6.35. The van der Waals surface area contributed by atoms with Crippen molar-refractivity contribution in [3.63, 3.8) is 0 Å². The highest BCUT2D eigenvalue weighted by molar-refractivity contribution is 5.79. The first-order valence-corrected chi connectivity index (χ1v) is 8.65. The Labute approximate surface area is 157 Å². The summed E-state index contributed by atoms with van der Waals surface area (Å²) in [6.07, 6.45) is 4.34. The number of aromatic nitrogens is 1. The number of benzene rings is 1. The fourth-order valence-corrected chi connectivity index (χ4v) is 2.39. The fraction of sp³-hybridized carbons (Fsp3) is 0.368. The number of hydrogen-bond acceptors (Lipinski definition) is 4. The first-order valence-electron chi connectivity index (χ1n) is 8.65. The second kappa shape index (κ2) is 10.9. The maximum atomic E-state index is 12.6. The van der Waals surface area contributed by atoms with Gasteiger partial charge in [0.2, 0.25) is 0 Å². The molecule has 0 aliphatic rings. The molecule has 2 N–H and O–H groups in total. The summed E-state index contributed by atoms with van der Waals surface area (Å²) in [5.74, 6) is 1.23. The Morgan fingerprint density at radius 3 is 2.78 bits per heavy atom. The Morgan fingerprint density at radius 1 is 1.26 bits per heavy atom. The fourth-order valence-electron chi connectivity index (χ4n) is 2.39. The van der Waals surface area contributed by atoms with Crippen molar-refractivity contribution >= 4 is 5.96 Å². The number of nitrogens with one attached hydrogen (secondary N) is 2. The van der Waals surface area contributed by atoms with Crippen LogP contribution in [0.3, 0.4) is 0 Å². The zero-order valence-electron chi connectivity index (χ0n) is 15.4. The first-order chi connectivity index (χ1) is 13.1. The van der Waals surface area contributed by atoms with Gasteiger partial charge in [-0.3, -0.25) is 4.98 Å². The van der Waals surface area contributed by atoms with Gasteiger partial charge < -0.3 is 20.1 Å². The molecule has 146 valence electrons. The van der Waals surface area contributed by atoms with E-state index in [1.54, 1.807) is 18.3 Å². The van der Waals surface area contributed by atoms with E-state index in [4.69, 9.17) is 4.74 Å². The molecule has 1 aromatic heterocycles. The molecule has 0 saturated carbocycles. The summed E-state index contributed by atoms with van der Waals surface area (Å²) >= 11 is 0. The number of halogens is 2. The lowest BCUT2D eigenvalue weighted by Gasteiger charge is -2.13. The van der Waals surface area contributed by atoms with E-state index in [9.17, 15) is 8.78 Å². The molecular weight excluding hydrogens is 354 g/mol. The van der Waals surface area contributed by atoms with Gasteiger partial charge in [-0.05, 0) is 43.2 Å². The van der Waals surface area contributed by atoms with Crippen LogP contribution in [-0.2, 0) is 13.0 Å². The van der Waals surface area contributed by atoms with Gasteiger partial charge in [-0.2, -0.15) is 8.78 Å². The average molecular weight is 378 g/mol. The smallest absolute Gasteiger partial charge is 0.387 e. The summed E-state index contributed by atoms with van der Waals surface area (Å²) < 4.78 is 34.9. The molecule has 0 unspecified atom stereocenters. The molecule has 0 aliphatic carbocycles. The SMILES string of the molecule is CCNC(=NCc1cc(OC)ccc1OC(F)F)NCCc1cccnc1. The molecule has 0 aliphatic heterocycles. The molecule has 2 rings (SSSR count). The largest absolute Gasteiger partial charge is 0.497 e. The van der Waals surface area contributed by atoms with Crippen LogP contribution in [0.4, 0.5) is 8.78 Å². The van der Waals surface area contributed by atoms with Crippen molar-refractivity contribution in [2.75, 3.05) is 20.2 Å². The third-order valence-corrected chi connectivity index (χ3v) is 3.66. The summed E-state index contributed by atoms with van der Waals surface area (Å²) in [7, 11) is 1.51. The van der Waals surface area contributed by atoms with Crippen LogP contribution in [0, 0.1) is 0 Å². The normalized spacial score (nSPS) is 11.4. The number of guanidine groups is 1. The lowest BCUT2D eigenvalue weighted by Crippen LogP contribution is -2.38. The number of aliphatic imine (C=N–C) groups is 1. The maximum absolute atomic E-state index is 12.6. The summed E-state index contributed by atoms with van der Waals surface area (Å²) in [6, 6.07) is 8.56. The number of hydrogen-bond donors (Lipinski definition) is 2. The zero-order chi connectivity index (χ0) is 19.5. The second-order valence-electron chi connectivity index (χ2n) is 5.59. The molecule has 6 nitrogen and oxygen atoms in total. The van der Waals surface area contributed by atoms with E-state index < -0.39 is 6.61 Å². The van der Waals surface area contributed by atoms with E-state index >= 15 is 0 Å². The lowest BCUT2D eigenvalue weighted by atomic mass is 10.2. The van der Waals surface area contributed by atoms with Crippen molar-refractivity contribution < 1.29 is 18.3 Å². The summed E-state index contributed by atoms with van der Waals surface area (Å²) in [6.45, 7) is 0.566. The standard InChI is InChI=1S/C19H24F2N4O2/c1-3-23-19(24-10-8-14-5-4-9-22-12-14)25-13-15-11-16(26-2)6-7-17(15)27-18(20)21/h4-7,9,11-12,18H,3,8,10,13H2,1-2H3,(H2,23,24,25). The van der Waals surface area contributed by atoms with Crippen molar-refractivity contribution in [3.05, 3.63) is 53.9 Å². The molecule has 0 fully saturated rings. The van der Waals surface area contributed by atoms with Gasteiger partial charge in [-0.15, -0.1) is 0 Å². The molecule has 27 heavy (non-hydrogen) atoms. The van der Waals surface area contributed by atoms with Crippen LogP contribution in [0.25, 0.3) is 0 Å². The van der Waals surface area contributed by atoms with Gasteiger partial charge in [0.25, 0.3) is 0 Å². The van der Waals surface area contributed by atoms with Gasteiger partial charge in [-0.1, -0.05) is 6.07 Å². The van der Waals surface area contributed by atoms with Gasteiger partial charge in [0.15, 0.2) is 5.96 Å². The number of ether oxygens (including phenoxy) is 2. The molecule has 0 saturated heterocycles. The van der Waals surface area contributed by atoms with E-state index in [-0.39, 0.29) is 12.3 Å². The Morgan fingerprint density at radius 2 is 2.11 bits per heavy atom. The number of pyridine rings is 1. The van der Waals surface area contributed by atoms with Crippen LogP contribution in [0.2, 0.25) is 0 Å². The van der Waals surface area contributed by atoms with Crippen molar-refractivity contribution in [2.45, 2.75) is 26.5 Å². The molecule has 0 spiro atoms. The number of methoxy groups -OCH3 is 1. The topological polar surface area (TPSA) is 67.8 Å². The van der Waals surface area contributed by atoms with Gasteiger partial charge in [-0.25, -0.2) is 4.99 Å². The highest BCUT2D eigenvalue weighted by Crippen LogP contribution is 2.26. The van der Waals surface area contributed by atoms with Crippen molar-refractivity contribution in [1.29, 1.82) is 0 Å². The Balaban J connectivity index is 2.04. The minimum atomic E-state index is -2.90. The maximum Gasteiger partial charge on any atom is 0.387 e. The summed E-state index contributed by atoms with van der Waals surface area (Å²) in [4.78, 5) is 8.54. The summed E-state index contributed by atoms with van der Waals surface area (Å²) in [5.41, 5.74) is 1.63. The van der Waals surface area contributed by atoms with Gasteiger partial charge in [0.05, 0.1) is 13.7 Å². The number of rotatable bonds is 9. The molecule has 1 aromatic carbocycles. The monoisotopic (exact) mass is 378 g/mol. The molecule has 0 bridgehead atoms. The molecule has 8 heteroatoms. The number of alkyl halides is 2. The highest BCUT2D eigenvalue weighted by atomic mass is 19.3. The van der Waals surface area contributed by atoms with Crippen LogP contribution >= 0.6 is 0 Å². The molecule has 0 atom stereocenters. The molecule has 0 radical (unpaired) electrons. The highest BCUT2D eigenvalue weighted by Gasteiger charge is 2.11. The van der Waals surface area contributed by atoms with Crippen molar-refractivity contribution in [2.24, 2.45) is 4.99 Å². The third-order valence-electron chi connectivity index (χ3n) is 3.66. The second-order valence-corrected chi connectivity index (χ2v) is 5.59.